The van der Waals surface area contributed by atoms with Gasteiger partial charge in [0.1, 0.15) is 0 Å². The van der Waals surface area contributed by atoms with Gasteiger partial charge in [-0.1, -0.05) is 43.5 Å². The molecule has 1 aliphatic carbocycles. The molecule has 0 aromatic heterocycles. The van der Waals surface area contributed by atoms with Gasteiger partial charge in [0.2, 0.25) is 0 Å². The minimum absolute atomic E-state index is 0.287. The minimum atomic E-state index is -0.484. The number of fused-ring (bicyclic) bond motifs is 1. The lowest BCUT2D eigenvalue weighted by Gasteiger charge is -2.46. The third-order valence-electron chi connectivity index (χ3n) is 5.32. The molecule has 3 rings (SSSR count). The number of hydrogen-bond donors (Lipinski definition) is 1. The molecule has 1 unspecified atom stereocenters. The van der Waals surface area contributed by atoms with Crippen molar-refractivity contribution in [2.24, 2.45) is 0 Å². The predicted molar refractivity (Wildman–Crippen MR) is 82.8 cm³/mol. The average Bonchev–Trinajstić information content (AvgIpc) is 2.46. The quantitative estimate of drug-likeness (QED) is 0.888. The van der Waals surface area contributed by atoms with Crippen LogP contribution in [0.1, 0.15) is 63.0 Å². The summed E-state index contributed by atoms with van der Waals surface area (Å²) in [7, 11) is 0. The fraction of sp³-hybridized carbons (Fsp3) is 0.667. The van der Waals surface area contributed by atoms with Gasteiger partial charge in [-0.25, -0.2) is 0 Å². The zero-order valence-electron chi connectivity index (χ0n) is 12.8. The van der Waals surface area contributed by atoms with Crippen LogP contribution in [0, 0.1) is 0 Å². The van der Waals surface area contributed by atoms with Crippen molar-refractivity contribution < 1.29 is 5.11 Å². The Labute approximate surface area is 122 Å². The van der Waals surface area contributed by atoms with Gasteiger partial charge in [0.15, 0.2) is 0 Å². The normalized spacial score (nSPS) is 26.5. The Morgan fingerprint density at radius 1 is 1.15 bits per heavy atom. The van der Waals surface area contributed by atoms with E-state index in [9.17, 15) is 5.11 Å². The summed E-state index contributed by atoms with van der Waals surface area (Å²) in [6.07, 6.45) is 5.58. The van der Waals surface area contributed by atoms with Gasteiger partial charge in [-0.2, -0.15) is 0 Å². The van der Waals surface area contributed by atoms with Crippen molar-refractivity contribution in [1.82, 2.24) is 4.90 Å². The van der Waals surface area contributed by atoms with Crippen LogP contribution in [0.3, 0.4) is 0 Å². The SMILES string of the molecule is CC(C)N1Cc2ccccc2C(C2(O)CCCCC2)C1. The molecule has 2 nitrogen and oxygen atoms in total. The molecule has 1 fully saturated rings. The van der Waals surface area contributed by atoms with E-state index in [2.05, 4.69) is 43.0 Å². The Morgan fingerprint density at radius 2 is 1.85 bits per heavy atom. The summed E-state index contributed by atoms with van der Waals surface area (Å²) in [5.41, 5.74) is 2.33. The fourth-order valence-electron chi connectivity index (χ4n) is 4.00. The van der Waals surface area contributed by atoms with Gasteiger partial charge in [-0.05, 0) is 37.8 Å². The van der Waals surface area contributed by atoms with E-state index < -0.39 is 5.60 Å². The summed E-state index contributed by atoms with van der Waals surface area (Å²) in [6.45, 7) is 6.55. The number of hydrogen-bond acceptors (Lipinski definition) is 2. The molecule has 0 amide bonds. The standard InChI is InChI=1S/C18H27NO/c1-14(2)19-12-15-8-4-5-9-16(15)17(13-19)18(20)10-6-3-7-11-18/h4-5,8-9,14,17,20H,3,6-7,10-13H2,1-2H3. The van der Waals surface area contributed by atoms with Crippen LogP contribution >= 0.6 is 0 Å². The Hall–Kier alpha value is -0.860. The highest BCUT2D eigenvalue weighted by Crippen LogP contribution is 2.43. The first-order valence-corrected chi connectivity index (χ1v) is 8.14. The zero-order chi connectivity index (χ0) is 14.2. The number of nitrogens with zero attached hydrogens (tertiary/aromatic N) is 1. The third kappa shape index (κ3) is 2.51. The molecule has 1 atom stereocenters. The lowest BCUT2D eigenvalue weighted by molar-refractivity contribution is -0.0385. The molecule has 1 aromatic carbocycles. The largest absolute Gasteiger partial charge is 0.389 e. The van der Waals surface area contributed by atoms with Crippen molar-refractivity contribution in [3.63, 3.8) is 0 Å². The summed E-state index contributed by atoms with van der Waals surface area (Å²) in [6, 6.07) is 9.28. The first kappa shape index (κ1) is 14.1. The Bertz CT molecular complexity index is 462. The highest BCUT2D eigenvalue weighted by molar-refractivity contribution is 5.35. The molecule has 1 saturated carbocycles. The average molecular weight is 273 g/mol. The van der Waals surface area contributed by atoms with E-state index in [1.54, 1.807) is 0 Å². The molecule has 1 aliphatic heterocycles. The van der Waals surface area contributed by atoms with E-state index in [4.69, 9.17) is 0 Å². The van der Waals surface area contributed by atoms with Crippen LogP contribution in [0.4, 0.5) is 0 Å². The molecule has 1 aromatic rings. The Kier molecular flexibility index (Phi) is 3.87. The predicted octanol–water partition coefficient (Wildman–Crippen LogP) is 3.69. The van der Waals surface area contributed by atoms with E-state index in [1.807, 2.05) is 0 Å². The van der Waals surface area contributed by atoms with Gasteiger partial charge < -0.3 is 5.11 Å². The van der Waals surface area contributed by atoms with Crippen molar-refractivity contribution in [3.05, 3.63) is 35.4 Å². The molecule has 110 valence electrons. The van der Waals surface area contributed by atoms with Crippen LogP contribution in [-0.4, -0.2) is 28.2 Å². The van der Waals surface area contributed by atoms with Gasteiger partial charge in [0.25, 0.3) is 0 Å². The van der Waals surface area contributed by atoms with Crippen molar-refractivity contribution >= 4 is 0 Å². The van der Waals surface area contributed by atoms with Crippen LogP contribution in [0.5, 0.6) is 0 Å². The Morgan fingerprint density at radius 3 is 2.55 bits per heavy atom. The first-order chi connectivity index (χ1) is 9.60. The summed E-state index contributed by atoms with van der Waals surface area (Å²) >= 11 is 0. The van der Waals surface area contributed by atoms with Crippen LogP contribution < -0.4 is 0 Å². The lowest BCUT2D eigenvalue weighted by atomic mass is 9.70. The van der Waals surface area contributed by atoms with Gasteiger partial charge in [-0.3, -0.25) is 4.90 Å². The van der Waals surface area contributed by atoms with Crippen LogP contribution in [0.15, 0.2) is 24.3 Å². The number of aliphatic hydroxyl groups is 1. The third-order valence-corrected chi connectivity index (χ3v) is 5.32. The van der Waals surface area contributed by atoms with E-state index in [1.165, 1.54) is 30.4 Å². The van der Waals surface area contributed by atoms with Crippen molar-refractivity contribution in [2.45, 2.75) is 70.1 Å². The van der Waals surface area contributed by atoms with E-state index >= 15 is 0 Å². The number of rotatable bonds is 2. The number of benzene rings is 1. The van der Waals surface area contributed by atoms with Crippen molar-refractivity contribution in [3.8, 4) is 0 Å². The van der Waals surface area contributed by atoms with Gasteiger partial charge in [0, 0.05) is 25.0 Å². The molecular formula is C18H27NO. The summed E-state index contributed by atoms with van der Waals surface area (Å²) in [5, 5.41) is 11.2. The fourth-order valence-corrected chi connectivity index (χ4v) is 4.00. The molecule has 2 heteroatoms. The van der Waals surface area contributed by atoms with E-state index in [0.717, 1.165) is 25.9 Å². The molecule has 0 spiro atoms. The molecule has 0 bridgehead atoms. The highest BCUT2D eigenvalue weighted by Gasteiger charge is 2.42. The second kappa shape index (κ2) is 5.50. The van der Waals surface area contributed by atoms with Crippen LogP contribution in [0.25, 0.3) is 0 Å². The molecule has 1 N–H and O–H groups in total. The maximum absolute atomic E-state index is 11.2. The molecule has 2 aliphatic rings. The maximum Gasteiger partial charge on any atom is 0.0728 e. The van der Waals surface area contributed by atoms with Crippen molar-refractivity contribution in [1.29, 1.82) is 0 Å². The van der Waals surface area contributed by atoms with Gasteiger partial charge in [-0.15, -0.1) is 0 Å². The first-order valence-electron chi connectivity index (χ1n) is 8.14. The second-order valence-electron chi connectivity index (χ2n) is 6.94. The molecule has 0 saturated heterocycles. The summed E-state index contributed by atoms with van der Waals surface area (Å²) in [5.74, 6) is 0.287. The highest BCUT2D eigenvalue weighted by atomic mass is 16.3. The minimum Gasteiger partial charge on any atom is -0.389 e. The molecule has 20 heavy (non-hydrogen) atoms. The van der Waals surface area contributed by atoms with Crippen LogP contribution in [-0.2, 0) is 6.54 Å². The topological polar surface area (TPSA) is 23.5 Å². The summed E-state index contributed by atoms with van der Waals surface area (Å²) < 4.78 is 0. The van der Waals surface area contributed by atoms with Gasteiger partial charge >= 0.3 is 0 Å². The van der Waals surface area contributed by atoms with Crippen LogP contribution in [0.2, 0.25) is 0 Å². The van der Waals surface area contributed by atoms with Crippen molar-refractivity contribution in [2.75, 3.05) is 6.54 Å². The zero-order valence-corrected chi connectivity index (χ0v) is 12.8. The monoisotopic (exact) mass is 273 g/mol. The van der Waals surface area contributed by atoms with Gasteiger partial charge in [0.05, 0.1) is 5.60 Å². The smallest absolute Gasteiger partial charge is 0.0728 e. The maximum atomic E-state index is 11.2. The molecule has 1 heterocycles. The Balaban J connectivity index is 1.96. The summed E-state index contributed by atoms with van der Waals surface area (Å²) in [4.78, 5) is 2.51. The molecule has 0 radical (unpaired) electrons. The van der Waals surface area contributed by atoms with E-state index in [-0.39, 0.29) is 5.92 Å². The molecular weight excluding hydrogens is 246 g/mol. The van der Waals surface area contributed by atoms with E-state index in [0.29, 0.717) is 6.04 Å². The lowest BCUT2D eigenvalue weighted by Crippen LogP contribution is -2.48. The second-order valence-corrected chi connectivity index (χ2v) is 6.94.